The molecule has 1 amide bonds. The van der Waals surface area contributed by atoms with Gasteiger partial charge in [0.1, 0.15) is 5.75 Å². The van der Waals surface area contributed by atoms with Gasteiger partial charge in [-0.05, 0) is 33.4 Å². The highest BCUT2D eigenvalue weighted by molar-refractivity contribution is 5.94. The van der Waals surface area contributed by atoms with E-state index < -0.39 is 0 Å². The summed E-state index contributed by atoms with van der Waals surface area (Å²) in [5, 5.41) is 15.2. The van der Waals surface area contributed by atoms with Crippen molar-refractivity contribution in [2.24, 2.45) is 0 Å². The summed E-state index contributed by atoms with van der Waals surface area (Å²) in [5.41, 5.74) is 4.89. The van der Waals surface area contributed by atoms with E-state index in [4.69, 9.17) is 4.74 Å². The molecule has 0 bridgehead atoms. The number of methoxy groups -OCH3 is 1. The summed E-state index contributed by atoms with van der Waals surface area (Å²) in [7, 11) is 1.71. The standard InChI is InChI=1S/C30H28N4O2/c1-36-28-14-13-22(24-11-4-5-12-25(24)28)18-34-16-15-27-26(19-34)29(33-32-27)30(35)31-17-21-9-6-8-20-7-2-3-10-23(20)21/h2-14H,15-19H2,1H3,(H,31,35)(H,32,33). The molecule has 0 unspecified atom stereocenters. The van der Waals surface area contributed by atoms with E-state index in [1.54, 1.807) is 7.11 Å². The zero-order valence-corrected chi connectivity index (χ0v) is 20.3. The van der Waals surface area contributed by atoms with Gasteiger partial charge in [-0.3, -0.25) is 14.8 Å². The summed E-state index contributed by atoms with van der Waals surface area (Å²) in [6, 6.07) is 26.9. The van der Waals surface area contributed by atoms with Gasteiger partial charge in [-0.25, -0.2) is 0 Å². The fraction of sp³-hybridized carbons (Fsp3) is 0.200. The maximum absolute atomic E-state index is 13.2. The lowest BCUT2D eigenvalue weighted by Gasteiger charge is -2.27. The summed E-state index contributed by atoms with van der Waals surface area (Å²) in [6.07, 6.45) is 0.840. The minimum absolute atomic E-state index is 0.141. The third-order valence-electron chi connectivity index (χ3n) is 7.14. The zero-order valence-electron chi connectivity index (χ0n) is 20.3. The lowest BCUT2D eigenvalue weighted by atomic mass is 10.0. The zero-order chi connectivity index (χ0) is 24.5. The smallest absolute Gasteiger partial charge is 0.272 e. The van der Waals surface area contributed by atoms with Crippen LogP contribution in [-0.2, 0) is 26.1 Å². The van der Waals surface area contributed by atoms with Crippen molar-refractivity contribution in [2.45, 2.75) is 26.1 Å². The summed E-state index contributed by atoms with van der Waals surface area (Å²) in [5.74, 6) is 0.743. The van der Waals surface area contributed by atoms with E-state index in [-0.39, 0.29) is 5.91 Å². The highest BCUT2D eigenvalue weighted by Crippen LogP contribution is 2.30. The molecule has 2 N–H and O–H groups in total. The number of amides is 1. The summed E-state index contributed by atoms with van der Waals surface area (Å²) in [6.45, 7) is 2.85. The number of benzene rings is 4. The molecule has 1 aliphatic rings. The summed E-state index contributed by atoms with van der Waals surface area (Å²) < 4.78 is 5.56. The normalized spacial score (nSPS) is 13.6. The van der Waals surface area contributed by atoms with Crippen molar-refractivity contribution < 1.29 is 9.53 Å². The molecule has 0 aliphatic carbocycles. The van der Waals surface area contributed by atoms with Crippen molar-refractivity contribution in [3.8, 4) is 5.75 Å². The maximum Gasteiger partial charge on any atom is 0.272 e. The molecule has 6 nitrogen and oxygen atoms in total. The topological polar surface area (TPSA) is 70.2 Å². The Morgan fingerprint density at radius 2 is 1.72 bits per heavy atom. The number of hydrogen-bond acceptors (Lipinski definition) is 4. The van der Waals surface area contributed by atoms with E-state index in [1.165, 1.54) is 16.3 Å². The molecule has 0 spiro atoms. The van der Waals surface area contributed by atoms with Gasteiger partial charge in [0.05, 0.1) is 7.11 Å². The Hall–Kier alpha value is -4.16. The molecule has 4 aromatic carbocycles. The Morgan fingerprint density at radius 3 is 2.58 bits per heavy atom. The molecule has 0 radical (unpaired) electrons. The molecule has 1 aromatic heterocycles. The van der Waals surface area contributed by atoms with E-state index in [1.807, 2.05) is 30.3 Å². The van der Waals surface area contributed by atoms with Crippen molar-refractivity contribution >= 4 is 27.5 Å². The van der Waals surface area contributed by atoms with Crippen molar-refractivity contribution in [1.29, 1.82) is 0 Å². The van der Waals surface area contributed by atoms with Crippen LogP contribution in [0, 0.1) is 0 Å². The van der Waals surface area contributed by atoms with Crippen LogP contribution in [0.25, 0.3) is 21.5 Å². The van der Waals surface area contributed by atoms with E-state index in [0.29, 0.717) is 18.8 Å². The van der Waals surface area contributed by atoms with E-state index in [0.717, 1.165) is 52.9 Å². The number of hydrogen-bond donors (Lipinski definition) is 2. The molecular weight excluding hydrogens is 448 g/mol. The van der Waals surface area contributed by atoms with E-state index in [9.17, 15) is 4.79 Å². The Bertz CT molecular complexity index is 1570. The molecule has 6 rings (SSSR count). The highest BCUT2D eigenvalue weighted by atomic mass is 16.5. The Labute approximate surface area is 209 Å². The van der Waals surface area contributed by atoms with Crippen molar-refractivity contribution in [3.05, 3.63) is 107 Å². The third-order valence-corrected chi connectivity index (χ3v) is 7.14. The monoisotopic (exact) mass is 476 g/mol. The molecule has 180 valence electrons. The molecule has 0 fully saturated rings. The fourth-order valence-corrected chi connectivity index (χ4v) is 5.27. The van der Waals surface area contributed by atoms with Crippen LogP contribution in [0.4, 0.5) is 0 Å². The molecule has 2 heterocycles. The Kier molecular flexibility index (Phi) is 5.87. The minimum atomic E-state index is -0.141. The van der Waals surface area contributed by atoms with Crippen LogP contribution in [0.2, 0.25) is 0 Å². The lowest BCUT2D eigenvalue weighted by Crippen LogP contribution is -2.32. The molecule has 5 aromatic rings. The predicted octanol–water partition coefficient (Wildman–Crippen LogP) is 5.21. The Balaban J connectivity index is 1.19. The number of nitrogens with one attached hydrogen (secondary N) is 2. The number of ether oxygens (including phenoxy) is 1. The number of H-pyrrole nitrogens is 1. The lowest BCUT2D eigenvalue weighted by molar-refractivity contribution is 0.0943. The second-order valence-corrected chi connectivity index (χ2v) is 9.28. The van der Waals surface area contributed by atoms with E-state index in [2.05, 4.69) is 68.9 Å². The van der Waals surface area contributed by atoms with Gasteiger partial charge in [0.15, 0.2) is 5.69 Å². The average molecular weight is 477 g/mol. The molecule has 0 atom stereocenters. The van der Waals surface area contributed by atoms with Crippen molar-refractivity contribution in [1.82, 2.24) is 20.4 Å². The molecule has 36 heavy (non-hydrogen) atoms. The van der Waals surface area contributed by atoms with E-state index >= 15 is 0 Å². The van der Waals surface area contributed by atoms with Gasteiger partial charge >= 0.3 is 0 Å². The first-order valence-electron chi connectivity index (χ1n) is 12.3. The maximum atomic E-state index is 13.2. The minimum Gasteiger partial charge on any atom is -0.496 e. The van der Waals surface area contributed by atoms with Crippen LogP contribution in [-0.4, -0.2) is 34.7 Å². The number of carbonyl (C=O) groups is 1. The second-order valence-electron chi connectivity index (χ2n) is 9.28. The van der Waals surface area contributed by atoms with Gasteiger partial charge in [-0.2, -0.15) is 5.10 Å². The molecule has 1 aliphatic heterocycles. The average Bonchev–Trinajstić information content (AvgIpc) is 3.35. The number of aromatic amines is 1. The fourth-order valence-electron chi connectivity index (χ4n) is 5.27. The molecular formula is C30H28N4O2. The van der Waals surface area contributed by atoms with Crippen molar-refractivity contribution in [2.75, 3.05) is 13.7 Å². The molecule has 6 heteroatoms. The van der Waals surface area contributed by atoms with Crippen LogP contribution < -0.4 is 10.1 Å². The predicted molar refractivity (Wildman–Crippen MR) is 142 cm³/mol. The molecule has 0 saturated heterocycles. The first kappa shape index (κ1) is 22.3. The highest BCUT2D eigenvalue weighted by Gasteiger charge is 2.26. The number of aromatic nitrogens is 2. The van der Waals surface area contributed by atoms with Crippen LogP contribution >= 0.6 is 0 Å². The van der Waals surface area contributed by atoms with Crippen molar-refractivity contribution in [3.63, 3.8) is 0 Å². The van der Waals surface area contributed by atoms with Gasteiger partial charge in [0.2, 0.25) is 0 Å². The first-order chi connectivity index (χ1) is 17.7. The quantitative estimate of drug-likeness (QED) is 0.353. The number of rotatable bonds is 6. The van der Waals surface area contributed by atoms with Gasteiger partial charge in [0.25, 0.3) is 5.91 Å². The van der Waals surface area contributed by atoms with Crippen LogP contribution in [0.3, 0.4) is 0 Å². The Morgan fingerprint density at radius 1 is 0.944 bits per heavy atom. The number of carbonyl (C=O) groups excluding carboxylic acids is 1. The number of nitrogens with zero attached hydrogens (tertiary/aromatic N) is 2. The molecule has 0 saturated carbocycles. The van der Waals surface area contributed by atoms with Crippen LogP contribution in [0.5, 0.6) is 5.75 Å². The second kappa shape index (κ2) is 9.47. The summed E-state index contributed by atoms with van der Waals surface area (Å²) in [4.78, 5) is 15.6. The van der Waals surface area contributed by atoms with Gasteiger partial charge in [-0.15, -0.1) is 0 Å². The van der Waals surface area contributed by atoms with Crippen LogP contribution in [0.1, 0.15) is 32.9 Å². The largest absolute Gasteiger partial charge is 0.496 e. The summed E-state index contributed by atoms with van der Waals surface area (Å²) >= 11 is 0. The van der Waals surface area contributed by atoms with Gasteiger partial charge in [-0.1, -0.05) is 72.8 Å². The number of fused-ring (bicyclic) bond motifs is 3. The van der Waals surface area contributed by atoms with Gasteiger partial charge < -0.3 is 10.1 Å². The third kappa shape index (κ3) is 4.10. The van der Waals surface area contributed by atoms with Gasteiger partial charge in [0, 0.05) is 49.2 Å². The van der Waals surface area contributed by atoms with Crippen LogP contribution in [0.15, 0.2) is 78.9 Å². The first-order valence-corrected chi connectivity index (χ1v) is 12.3. The SMILES string of the molecule is COc1ccc(CN2CCc3[nH]nc(C(=O)NCc4cccc5ccccc45)c3C2)c2ccccc12.